The number of halogens is 4. The predicted molar refractivity (Wildman–Crippen MR) is 88.8 cm³/mol. The van der Waals surface area contributed by atoms with Gasteiger partial charge in [-0.25, -0.2) is 28.1 Å². The van der Waals surface area contributed by atoms with Crippen LogP contribution in [0.2, 0.25) is 5.02 Å². The van der Waals surface area contributed by atoms with Crippen molar-refractivity contribution in [1.29, 1.82) is 0 Å². The van der Waals surface area contributed by atoms with Crippen molar-refractivity contribution in [2.24, 2.45) is 0 Å². The summed E-state index contributed by atoms with van der Waals surface area (Å²) in [5.41, 5.74) is 1.39. The maximum absolute atomic E-state index is 14.5. The van der Waals surface area contributed by atoms with Crippen LogP contribution in [-0.4, -0.2) is 26.0 Å². The lowest BCUT2D eigenvalue weighted by Gasteiger charge is -2.13. The standard InChI is InChI=1S/C16H11ClF3N5O2/c17-9-2-11(15(13(20)3-9)25-7-10(18)5-23-25)8-1-12(19)14(21-4-8)6-22-16(26)24-27/h1-5,7,27H,6H2,(H2,22,24,26). The highest BCUT2D eigenvalue weighted by Crippen LogP contribution is 2.32. The number of benzene rings is 1. The minimum absolute atomic E-state index is 0.0460. The van der Waals surface area contributed by atoms with E-state index in [0.717, 1.165) is 29.2 Å². The van der Waals surface area contributed by atoms with Crippen LogP contribution >= 0.6 is 11.6 Å². The normalized spacial score (nSPS) is 10.7. The molecule has 0 saturated carbocycles. The van der Waals surface area contributed by atoms with Crippen molar-refractivity contribution in [3.8, 4) is 16.8 Å². The van der Waals surface area contributed by atoms with Crippen LogP contribution in [0.25, 0.3) is 16.8 Å². The van der Waals surface area contributed by atoms with Gasteiger partial charge in [0.05, 0.1) is 24.6 Å². The van der Waals surface area contributed by atoms with Gasteiger partial charge < -0.3 is 5.32 Å². The fraction of sp³-hybridized carbons (Fsp3) is 0.0625. The number of nitrogens with one attached hydrogen (secondary N) is 2. The molecule has 140 valence electrons. The first-order chi connectivity index (χ1) is 12.9. The van der Waals surface area contributed by atoms with Crippen molar-refractivity contribution in [1.82, 2.24) is 25.6 Å². The summed E-state index contributed by atoms with van der Waals surface area (Å²) < 4.78 is 43.0. The molecule has 0 fully saturated rings. The van der Waals surface area contributed by atoms with Crippen molar-refractivity contribution < 1.29 is 23.2 Å². The zero-order valence-corrected chi connectivity index (χ0v) is 14.1. The van der Waals surface area contributed by atoms with Crippen LogP contribution < -0.4 is 10.8 Å². The summed E-state index contributed by atoms with van der Waals surface area (Å²) >= 11 is 5.90. The van der Waals surface area contributed by atoms with Crippen LogP contribution in [0.1, 0.15) is 5.69 Å². The summed E-state index contributed by atoms with van der Waals surface area (Å²) in [6, 6.07) is 2.53. The summed E-state index contributed by atoms with van der Waals surface area (Å²) in [5.74, 6) is -2.25. The molecule has 0 aliphatic heterocycles. The second-order valence-electron chi connectivity index (χ2n) is 5.33. The van der Waals surface area contributed by atoms with E-state index in [1.54, 1.807) is 0 Å². The van der Waals surface area contributed by atoms with E-state index in [-0.39, 0.29) is 34.1 Å². The molecule has 2 heterocycles. The van der Waals surface area contributed by atoms with Crippen molar-refractivity contribution in [3.05, 3.63) is 65.0 Å². The monoisotopic (exact) mass is 397 g/mol. The van der Waals surface area contributed by atoms with E-state index >= 15 is 0 Å². The van der Waals surface area contributed by atoms with Gasteiger partial charge in [-0.2, -0.15) is 5.10 Å². The lowest BCUT2D eigenvalue weighted by Crippen LogP contribution is -2.33. The molecular weight excluding hydrogens is 387 g/mol. The van der Waals surface area contributed by atoms with Gasteiger partial charge in [-0.1, -0.05) is 11.6 Å². The average molecular weight is 398 g/mol. The third kappa shape index (κ3) is 4.01. The van der Waals surface area contributed by atoms with Crippen LogP contribution in [0.5, 0.6) is 0 Å². The van der Waals surface area contributed by atoms with E-state index in [9.17, 15) is 18.0 Å². The summed E-state index contributed by atoms with van der Waals surface area (Å²) in [4.78, 5) is 14.8. The summed E-state index contributed by atoms with van der Waals surface area (Å²) in [6.45, 7) is -0.292. The molecule has 2 amide bonds. The Bertz CT molecular complexity index is 1010. The summed E-state index contributed by atoms with van der Waals surface area (Å²) in [5, 5.41) is 14.3. The lowest BCUT2D eigenvalue weighted by atomic mass is 10.0. The van der Waals surface area contributed by atoms with Crippen LogP contribution in [0.15, 0.2) is 36.8 Å². The van der Waals surface area contributed by atoms with E-state index in [2.05, 4.69) is 15.4 Å². The Morgan fingerprint density at radius 1 is 1.19 bits per heavy atom. The number of hydrogen-bond donors (Lipinski definition) is 3. The Morgan fingerprint density at radius 3 is 2.59 bits per heavy atom. The number of hydrogen-bond acceptors (Lipinski definition) is 4. The number of pyridine rings is 1. The molecule has 7 nitrogen and oxygen atoms in total. The van der Waals surface area contributed by atoms with Gasteiger partial charge in [0, 0.05) is 22.3 Å². The highest BCUT2D eigenvalue weighted by Gasteiger charge is 2.17. The van der Waals surface area contributed by atoms with Crippen LogP contribution in [0.3, 0.4) is 0 Å². The summed E-state index contributed by atoms with van der Waals surface area (Å²) in [7, 11) is 0. The highest BCUT2D eigenvalue weighted by atomic mass is 35.5. The molecule has 3 N–H and O–H groups in total. The van der Waals surface area contributed by atoms with Gasteiger partial charge in [0.1, 0.15) is 11.5 Å². The molecule has 0 atom stereocenters. The molecule has 11 heteroatoms. The quantitative estimate of drug-likeness (QED) is 0.465. The van der Waals surface area contributed by atoms with Crippen molar-refractivity contribution in [2.75, 3.05) is 0 Å². The third-order valence-electron chi connectivity index (χ3n) is 3.55. The van der Waals surface area contributed by atoms with Crippen LogP contribution in [-0.2, 0) is 6.54 Å². The fourth-order valence-corrected chi connectivity index (χ4v) is 2.59. The van der Waals surface area contributed by atoms with Gasteiger partial charge in [0.25, 0.3) is 0 Å². The average Bonchev–Trinajstić information content (AvgIpc) is 3.05. The first kappa shape index (κ1) is 18.7. The van der Waals surface area contributed by atoms with E-state index < -0.39 is 23.5 Å². The minimum atomic E-state index is -0.930. The Labute approximate surface area is 155 Å². The van der Waals surface area contributed by atoms with Gasteiger partial charge >= 0.3 is 6.03 Å². The Hall–Kier alpha value is -3.11. The molecule has 0 radical (unpaired) electrons. The molecule has 0 aliphatic carbocycles. The van der Waals surface area contributed by atoms with Gasteiger partial charge in [-0.3, -0.25) is 10.2 Å². The maximum Gasteiger partial charge on any atom is 0.338 e. The van der Waals surface area contributed by atoms with E-state index in [1.165, 1.54) is 17.7 Å². The van der Waals surface area contributed by atoms with Gasteiger partial charge in [-0.05, 0) is 18.2 Å². The van der Waals surface area contributed by atoms with Crippen molar-refractivity contribution in [2.45, 2.75) is 6.54 Å². The predicted octanol–water partition coefficient (Wildman–Crippen LogP) is 3.19. The van der Waals surface area contributed by atoms with E-state index in [1.807, 2.05) is 0 Å². The molecule has 0 spiro atoms. The first-order valence-corrected chi connectivity index (χ1v) is 7.79. The Balaban J connectivity index is 2.03. The number of amides is 2. The SMILES string of the molecule is O=C(NO)NCc1ncc(-c2cc(Cl)cc(F)c2-n2cc(F)cn2)cc1F. The van der Waals surface area contributed by atoms with Crippen molar-refractivity contribution in [3.63, 3.8) is 0 Å². The first-order valence-electron chi connectivity index (χ1n) is 7.41. The second-order valence-corrected chi connectivity index (χ2v) is 5.77. The van der Waals surface area contributed by atoms with Crippen LogP contribution in [0.4, 0.5) is 18.0 Å². The van der Waals surface area contributed by atoms with Crippen LogP contribution in [0, 0.1) is 17.5 Å². The largest absolute Gasteiger partial charge is 0.338 e. The summed E-state index contributed by atoms with van der Waals surface area (Å²) in [6.07, 6.45) is 3.11. The van der Waals surface area contributed by atoms with Gasteiger partial charge in [0.15, 0.2) is 11.6 Å². The highest BCUT2D eigenvalue weighted by molar-refractivity contribution is 6.31. The second kappa shape index (κ2) is 7.64. The molecule has 1 aromatic carbocycles. The zero-order chi connectivity index (χ0) is 19.6. The zero-order valence-electron chi connectivity index (χ0n) is 13.4. The number of aromatic nitrogens is 3. The topological polar surface area (TPSA) is 92.1 Å². The Kier molecular flexibility index (Phi) is 5.28. The number of hydroxylamine groups is 1. The van der Waals surface area contributed by atoms with Gasteiger partial charge in [-0.15, -0.1) is 0 Å². The minimum Gasteiger partial charge on any atom is -0.331 e. The van der Waals surface area contributed by atoms with Gasteiger partial charge in [0.2, 0.25) is 0 Å². The number of carbonyl (C=O) groups excluding carboxylic acids is 1. The number of nitrogens with zero attached hydrogens (tertiary/aromatic N) is 3. The lowest BCUT2D eigenvalue weighted by molar-refractivity contribution is 0.161. The molecule has 3 aromatic rings. The number of carbonyl (C=O) groups is 1. The van der Waals surface area contributed by atoms with E-state index in [4.69, 9.17) is 16.8 Å². The number of rotatable bonds is 4. The molecule has 0 unspecified atom stereocenters. The Morgan fingerprint density at radius 2 is 1.96 bits per heavy atom. The molecule has 0 saturated heterocycles. The molecule has 27 heavy (non-hydrogen) atoms. The maximum atomic E-state index is 14.5. The molecule has 0 bridgehead atoms. The fourth-order valence-electron chi connectivity index (χ4n) is 2.39. The van der Waals surface area contributed by atoms with E-state index in [0.29, 0.717) is 0 Å². The molecular formula is C16H11ClF3N5O2. The smallest absolute Gasteiger partial charge is 0.331 e. The van der Waals surface area contributed by atoms with Crippen molar-refractivity contribution >= 4 is 17.6 Å². The number of urea groups is 1. The third-order valence-corrected chi connectivity index (χ3v) is 3.77. The molecule has 0 aliphatic rings. The molecule has 3 rings (SSSR count). The molecule has 2 aromatic heterocycles.